The molecular formula is C15H25NO2S. The Morgan fingerprint density at radius 2 is 2.05 bits per heavy atom. The fraction of sp³-hybridized carbons (Fsp3) is 0.667. The summed E-state index contributed by atoms with van der Waals surface area (Å²) in [7, 11) is 1.75. The second-order valence-corrected chi connectivity index (χ2v) is 6.63. The van der Waals surface area contributed by atoms with E-state index in [1.165, 1.54) is 10.4 Å². The number of carbonyl (C=O) groups excluding carboxylic acids is 1. The van der Waals surface area contributed by atoms with E-state index in [4.69, 9.17) is 0 Å². The van der Waals surface area contributed by atoms with Crippen LogP contribution in [0.5, 0.6) is 0 Å². The van der Waals surface area contributed by atoms with Crippen LogP contribution < -0.4 is 0 Å². The van der Waals surface area contributed by atoms with Gasteiger partial charge in [0.25, 0.3) is 5.91 Å². The van der Waals surface area contributed by atoms with Crippen molar-refractivity contribution in [1.29, 1.82) is 0 Å². The summed E-state index contributed by atoms with van der Waals surface area (Å²) in [5.74, 6) is 0.00102. The lowest BCUT2D eigenvalue weighted by molar-refractivity contribution is 0.0478. The molecule has 1 aromatic rings. The molecule has 0 aromatic carbocycles. The number of carbonyl (C=O) groups is 1. The molecule has 1 aromatic heterocycles. The first-order valence-electron chi connectivity index (χ1n) is 6.88. The number of thiophene rings is 1. The average Bonchev–Trinajstić information content (AvgIpc) is 2.80. The van der Waals surface area contributed by atoms with Crippen LogP contribution in [0, 0.1) is 0 Å². The third kappa shape index (κ3) is 3.57. The van der Waals surface area contributed by atoms with Gasteiger partial charge < -0.3 is 10.0 Å². The first-order chi connectivity index (χ1) is 8.87. The van der Waals surface area contributed by atoms with Gasteiger partial charge in [-0.25, -0.2) is 0 Å². The average molecular weight is 283 g/mol. The van der Waals surface area contributed by atoms with Gasteiger partial charge in [-0.05, 0) is 38.3 Å². The highest BCUT2D eigenvalue weighted by molar-refractivity contribution is 7.14. The van der Waals surface area contributed by atoms with E-state index >= 15 is 0 Å². The summed E-state index contributed by atoms with van der Waals surface area (Å²) in [5, 5.41) is 9.36. The summed E-state index contributed by atoms with van der Waals surface area (Å²) in [6.07, 6.45) is 3.10. The first-order valence-corrected chi connectivity index (χ1v) is 7.69. The smallest absolute Gasteiger partial charge is 0.264 e. The Balaban J connectivity index is 3.00. The number of rotatable bonds is 6. The van der Waals surface area contributed by atoms with Crippen LogP contribution in [0.3, 0.4) is 0 Å². The maximum absolute atomic E-state index is 12.5. The molecule has 0 atom stereocenters. The van der Waals surface area contributed by atoms with Gasteiger partial charge in [0.15, 0.2) is 0 Å². The van der Waals surface area contributed by atoms with Crippen molar-refractivity contribution >= 4 is 17.2 Å². The van der Waals surface area contributed by atoms with Crippen molar-refractivity contribution in [3.05, 3.63) is 21.4 Å². The predicted molar refractivity (Wildman–Crippen MR) is 81.0 cm³/mol. The largest absolute Gasteiger partial charge is 0.394 e. The van der Waals surface area contributed by atoms with E-state index in [9.17, 15) is 9.90 Å². The van der Waals surface area contributed by atoms with Crippen molar-refractivity contribution in [2.75, 3.05) is 13.7 Å². The van der Waals surface area contributed by atoms with Crippen molar-refractivity contribution in [1.82, 2.24) is 4.90 Å². The van der Waals surface area contributed by atoms with Gasteiger partial charge in [0.1, 0.15) is 0 Å². The van der Waals surface area contributed by atoms with Crippen molar-refractivity contribution in [2.45, 2.75) is 52.5 Å². The minimum atomic E-state index is -0.529. The lowest BCUT2D eigenvalue weighted by Gasteiger charge is -2.33. The topological polar surface area (TPSA) is 40.5 Å². The lowest BCUT2D eigenvalue weighted by atomic mass is 10.0. The van der Waals surface area contributed by atoms with Crippen LogP contribution >= 0.6 is 11.3 Å². The summed E-state index contributed by atoms with van der Waals surface area (Å²) in [6.45, 7) is 7.97. The SMILES string of the molecule is CCCc1sc(C(=O)N(C)C(C)(C)CO)cc1CC. The van der Waals surface area contributed by atoms with Gasteiger partial charge in [0.05, 0.1) is 17.0 Å². The molecule has 108 valence electrons. The van der Waals surface area contributed by atoms with Crippen LogP contribution in [0.2, 0.25) is 0 Å². The van der Waals surface area contributed by atoms with E-state index in [0.29, 0.717) is 0 Å². The summed E-state index contributed by atoms with van der Waals surface area (Å²) in [6, 6.07) is 2.02. The number of aliphatic hydroxyl groups excluding tert-OH is 1. The normalized spacial score (nSPS) is 11.7. The van der Waals surface area contributed by atoms with Crippen LogP contribution in [0.4, 0.5) is 0 Å². The molecule has 4 heteroatoms. The zero-order valence-corrected chi connectivity index (χ0v) is 13.4. The number of aryl methyl sites for hydroxylation is 2. The molecule has 1 N–H and O–H groups in total. The monoisotopic (exact) mass is 283 g/mol. The molecular weight excluding hydrogens is 258 g/mol. The highest BCUT2D eigenvalue weighted by Gasteiger charge is 2.28. The van der Waals surface area contributed by atoms with Crippen molar-refractivity contribution < 1.29 is 9.90 Å². The molecule has 0 aliphatic carbocycles. The Morgan fingerprint density at radius 1 is 1.42 bits per heavy atom. The summed E-state index contributed by atoms with van der Waals surface area (Å²) in [4.78, 5) is 16.2. The highest BCUT2D eigenvalue weighted by atomic mass is 32.1. The van der Waals surface area contributed by atoms with Gasteiger partial charge in [0, 0.05) is 11.9 Å². The number of hydrogen-bond acceptors (Lipinski definition) is 3. The first kappa shape index (κ1) is 16.2. The number of hydrogen-bond donors (Lipinski definition) is 1. The molecule has 3 nitrogen and oxygen atoms in total. The van der Waals surface area contributed by atoms with Gasteiger partial charge in [-0.3, -0.25) is 4.79 Å². The molecule has 0 bridgehead atoms. The fourth-order valence-electron chi connectivity index (χ4n) is 1.86. The third-order valence-electron chi connectivity index (χ3n) is 3.56. The Hall–Kier alpha value is -0.870. The zero-order chi connectivity index (χ0) is 14.6. The molecule has 1 heterocycles. The van der Waals surface area contributed by atoms with Crippen molar-refractivity contribution in [3.8, 4) is 0 Å². The number of nitrogens with zero attached hydrogens (tertiary/aromatic N) is 1. The van der Waals surface area contributed by atoms with Crippen LogP contribution in [0.1, 0.15) is 54.2 Å². The van der Waals surface area contributed by atoms with Crippen LogP contribution in [-0.2, 0) is 12.8 Å². The molecule has 19 heavy (non-hydrogen) atoms. The second-order valence-electron chi connectivity index (χ2n) is 5.50. The molecule has 0 saturated heterocycles. The second kappa shape index (κ2) is 6.53. The van der Waals surface area contributed by atoms with E-state index in [1.54, 1.807) is 23.3 Å². The predicted octanol–water partition coefficient (Wildman–Crippen LogP) is 3.11. The Labute approximate surface area is 120 Å². The maximum Gasteiger partial charge on any atom is 0.264 e. The highest BCUT2D eigenvalue weighted by Crippen LogP contribution is 2.27. The van der Waals surface area contributed by atoms with Crippen molar-refractivity contribution in [2.24, 2.45) is 0 Å². The molecule has 0 spiro atoms. The van der Waals surface area contributed by atoms with Crippen LogP contribution in [0.25, 0.3) is 0 Å². The Kier molecular flexibility index (Phi) is 5.56. The van der Waals surface area contributed by atoms with Crippen LogP contribution in [0.15, 0.2) is 6.07 Å². The molecule has 0 radical (unpaired) electrons. The standard InChI is InChI=1S/C15H25NO2S/c1-6-8-12-11(7-2)9-13(19-12)14(18)16(5)15(3,4)10-17/h9,17H,6-8,10H2,1-5H3. The third-order valence-corrected chi connectivity index (χ3v) is 4.79. The van der Waals surface area contributed by atoms with Gasteiger partial charge in [0.2, 0.25) is 0 Å². The summed E-state index contributed by atoms with van der Waals surface area (Å²) < 4.78 is 0. The summed E-state index contributed by atoms with van der Waals surface area (Å²) in [5.41, 5.74) is 0.753. The molecule has 0 saturated carbocycles. The maximum atomic E-state index is 12.5. The Bertz CT molecular complexity index is 437. The molecule has 0 aliphatic rings. The van der Waals surface area contributed by atoms with Crippen LogP contribution in [-0.4, -0.2) is 35.1 Å². The van der Waals surface area contributed by atoms with Gasteiger partial charge in [-0.15, -0.1) is 11.3 Å². The minimum absolute atomic E-state index is 0.00102. The van der Waals surface area contributed by atoms with E-state index in [1.807, 2.05) is 19.9 Å². The van der Waals surface area contributed by atoms with Gasteiger partial charge in [-0.2, -0.15) is 0 Å². The lowest BCUT2D eigenvalue weighted by Crippen LogP contribution is -2.47. The molecule has 0 fully saturated rings. The van der Waals surface area contributed by atoms with Gasteiger partial charge in [-0.1, -0.05) is 20.3 Å². The van der Waals surface area contributed by atoms with E-state index < -0.39 is 5.54 Å². The zero-order valence-electron chi connectivity index (χ0n) is 12.6. The molecule has 0 unspecified atom stereocenters. The Morgan fingerprint density at radius 3 is 2.53 bits per heavy atom. The van der Waals surface area contributed by atoms with Gasteiger partial charge >= 0.3 is 0 Å². The number of aliphatic hydroxyl groups is 1. The number of amides is 1. The van der Waals surface area contributed by atoms with E-state index in [2.05, 4.69) is 13.8 Å². The van der Waals surface area contributed by atoms with E-state index in [0.717, 1.165) is 24.1 Å². The fourth-order valence-corrected chi connectivity index (χ4v) is 3.19. The minimum Gasteiger partial charge on any atom is -0.394 e. The summed E-state index contributed by atoms with van der Waals surface area (Å²) >= 11 is 1.60. The van der Waals surface area contributed by atoms with Crippen molar-refractivity contribution in [3.63, 3.8) is 0 Å². The number of likely N-dealkylation sites (N-methyl/N-ethyl adjacent to an activating group) is 1. The molecule has 1 amide bonds. The van der Waals surface area contributed by atoms with E-state index in [-0.39, 0.29) is 12.5 Å². The molecule has 0 aliphatic heterocycles. The molecule has 1 rings (SSSR count). The quantitative estimate of drug-likeness (QED) is 0.871.